The van der Waals surface area contributed by atoms with E-state index in [-0.39, 0.29) is 16.5 Å². The summed E-state index contributed by atoms with van der Waals surface area (Å²) in [6.07, 6.45) is 4.27. The van der Waals surface area contributed by atoms with E-state index in [1.54, 1.807) is 0 Å². The van der Waals surface area contributed by atoms with Crippen LogP contribution in [-0.4, -0.2) is 50.2 Å². The van der Waals surface area contributed by atoms with Gasteiger partial charge in [-0.3, -0.25) is 9.69 Å². The lowest BCUT2D eigenvalue weighted by Crippen LogP contribution is -2.38. The molecule has 1 amide bonds. The lowest BCUT2D eigenvalue weighted by Gasteiger charge is -2.19. The van der Waals surface area contributed by atoms with Crippen molar-refractivity contribution >= 4 is 15.7 Å². The van der Waals surface area contributed by atoms with Gasteiger partial charge in [0.1, 0.15) is 5.82 Å². The van der Waals surface area contributed by atoms with Crippen molar-refractivity contribution < 1.29 is 17.6 Å². The average Bonchev–Trinajstić information content (AvgIpc) is 3.22. The summed E-state index contributed by atoms with van der Waals surface area (Å²) in [4.78, 5) is 14.7. The lowest BCUT2D eigenvalue weighted by molar-refractivity contribution is 0.0933. The van der Waals surface area contributed by atoms with Crippen LogP contribution in [0.5, 0.6) is 0 Å². The van der Waals surface area contributed by atoms with Gasteiger partial charge in [-0.05, 0) is 44.4 Å². The van der Waals surface area contributed by atoms with E-state index < -0.39 is 21.6 Å². The van der Waals surface area contributed by atoms with Crippen molar-refractivity contribution in [3.8, 4) is 0 Å². The van der Waals surface area contributed by atoms with Gasteiger partial charge in [-0.15, -0.1) is 0 Å². The molecule has 5 nitrogen and oxygen atoms in total. The summed E-state index contributed by atoms with van der Waals surface area (Å²) < 4.78 is 37.0. The number of carbonyl (C=O) groups excluding carboxylic acids is 1. The van der Waals surface area contributed by atoms with E-state index in [0.29, 0.717) is 12.1 Å². The highest BCUT2D eigenvalue weighted by Crippen LogP contribution is 2.33. The van der Waals surface area contributed by atoms with Gasteiger partial charge in [-0.1, -0.05) is 0 Å². The molecule has 1 N–H and O–H groups in total. The summed E-state index contributed by atoms with van der Waals surface area (Å²) in [7, 11) is -3.48. The summed E-state index contributed by atoms with van der Waals surface area (Å²) >= 11 is 0. The molecule has 0 bridgehead atoms. The number of carbonyl (C=O) groups is 1. The normalized spacial score (nSPS) is 25.5. The van der Waals surface area contributed by atoms with Gasteiger partial charge in [0, 0.05) is 30.9 Å². The van der Waals surface area contributed by atoms with Gasteiger partial charge >= 0.3 is 0 Å². The molecular formula is C16H21FN2O3S. The Bertz CT molecular complexity index is 731. The number of hydrogen-bond donors (Lipinski definition) is 1. The number of sulfone groups is 1. The monoisotopic (exact) mass is 340 g/mol. The van der Waals surface area contributed by atoms with Crippen molar-refractivity contribution in [3.63, 3.8) is 0 Å². The van der Waals surface area contributed by atoms with Crippen LogP contribution in [0.3, 0.4) is 0 Å². The first kappa shape index (κ1) is 16.4. The van der Waals surface area contributed by atoms with Gasteiger partial charge in [0.05, 0.1) is 10.5 Å². The molecule has 23 heavy (non-hydrogen) atoms. The van der Waals surface area contributed by atoms with Crippen LogP contribution in [-0.2, 0) is 9.84 Å². The SMILES string of the molecule is C[C@H]1C[C@H](NC(=O)c2cc(S(C)(=O)=O)ccc2F)CN1C1CC1. The minimum absolute atomic E-state index is 0.0283. The van der Waals surface area contributed by atoms with Crippen LogP contribution >= 0.6 is 0 Å². The number of amides is 1. The van der Waals surface area contributed by atoms with Gasteiger partial charge < -0.3 is 5.32 Å². The van der Waals surface area contributed by atoms with Crippen LogP contribution in [0.25, 0.3) is 0 Å². The van der Waals surface area contributed by atoms with E-state index in [1.165, 1.54) is 18.9 Å². The second-order valence-electron chi connectivity index (χ2n) is 6.60. The second kappa shape index (κ2) is 5.87. The van der Waals surface area contributed by atoms with E-state index in [0.717, 1.165) is 31.4 Å². The lowest BCUT2D eigenvalue weighted by atomic mass is 10.1. The molecule has 1 aliphatic carbocycles. The van der Waals surface area contributed by atoms with E-state index in [4.69, 9.17) is 0 Å². The second-order valence-corrected chi connectivity index (χ2v) is 8.61. The number of halogens is 1. The molecule has 0 aromatic heterocycles. The quantitative estimate of drug-likeness (QED) is 0.845. The van der Waals surface area contributed by atoms with Gasteiger partial charge in [-0.25, -0.2) is 12.8 Å². The average molecular weight is 340 g/mol. The first-order valence-electron chi connectivity index (χ1n) is 7.82. The molecule has 1 saturated carbocycles. The molecule has 1 aromatic rings. The highest BCUT2D eigenvalue weighted by atomic mass is 32.2. The Morgan fingerprint density at radius 3 is 2.65 bits per heavy atom. The Balaban J connectivity index is 1.73. The Kier molecular flexibility index (Phi) is 4.18. The molecule has 1 heterocycles. The molecule has 126 valence electrons. The molecule has 3 rings (SSSR count). The van der Waals surface area contributed by atoms with Crippen LogP contribution in [0.2, 0.25) is 0 Å². The molecule has 0 radical (unpaired) electrons. The number of nitrogens with zero attached hydrogens (tertiary/aromatic N) is 1. The summed E-state index contributed by atoms with van der Waals surface area (Å²) in [5, 5.41) is 2.84. The zero-order chi connectivity index (χ0) is 16.8. The number of benzene rings is 1. The summed E-state index contributed by atoms with van der Waals surface area (Å²) in [6, 6.07) is 4.31. The van der Waals surface area contributed by atoms with Crippen LogP contribution in [0.4, 0.5) is 4.39 Å². The Morgan fingerprint density at radius 2 is 2.04 bits per heavy atom. The number of hydrogen-bond acceptors (Lipinski definition) is 4. The predicted octanol–water partition coefficient (Wildman–Crippen LogP) is 1.58. The molecular weight excluding hydrogens is 319 g/mol. The van der Waals surface area contributed by atoms with Crippen LogP contribution in [0.1, 0.15) is 36.5 Å². The zero-order valence-corrected chi connectivity index (χ0v) is 14.1. The van der Waals surface area contributed by atoms with Crippen LogP contribution in [0, 0.1) is 5.82 Å². The Labute approximate surface area is 135 Å². The largest absolute Gasteiger partial charge is 0.348 e. The molecule has 1 aliphatic heterocycles. The zero-order valence-electron chi connectivity index (χ0n) is 13.3. The predicted molar refractivity (Wildman–Crippen MR) is 84.6 cm³/mol. The fourth-order valence-corrected chi connectivity index (χ4v) is 3.90. The summed E-state index contributed by atoms with van der Waals surface area (Å²) in [5.41, 5.74) is -0.217. The Hall–Kier alpha value is -1.47. The molecule has 0 spiro atoms. The maximum atomic E-state index is 13.9. The number of likely N-dealkylation sites (tertiary alicyclic amines) is 1. The van der Waals surface area contributed by atoms with Gasteiger partial charge in [0.2, 0.25) is 0 Å². The summed E-state index contributed by atoms with van der Waals surface area (Å²) in [6.45, 7) is 2.90. The minimum Gasteiger partial charge on any atom is -0.348 e. The van der Waals surface area contributed by atoms with Crippen molar-refractivity contribution in [1.82, 2.24) is 10.2 Å². The smallest absolute Gasteiger partial charge is 0.254 e. The number of nitrogens with one attached hydrogen (secondary N) is 1. The number of rotatable bonds is 4. The molecule has 2 fully saturated rings. The first-order chi connectivity index (χ1) is 10.8. The van der Waals surface area contributed by atoms with Gasteiger partial charge in [0.15, 0.2) is 9.84 Å². The topological polar surface area (TPSA) is 66.5 Å². The van der Waals surface area contributed by atoms with Gasteiger partial charge in [0.25, 0.3) is 5.91 Å². The molecule has 1 aromatic carbocycles. The maximum absolute atomic E-state index is 13.9. The minimum atomic E-state index is -3.48. The Morgan fingerprint density at radius 1 is 1.35 bits per heavy atom. The molecule has 2 aliphatic rings. The van der Waals surface area contributed by atoms with Crippen molar-refractivity contribution in [2.24, 2.45) is 0 Å². The van der Waals surface area contributed by atoms with E-state index >= 15 is 0 Å². The third-order valence-electron chi connectivity index (χ3n) is 4.58. The van der Waals surface area contributed by atoms with Crippen molar-refractivity contribution in [3.05, 3.63) is 29.6 Å². The van der Waals surface area contributed by atoms with E-state index in [1.807, 2.05) is 0 Å². The standard InChI is InChI=1S/C16H21FN2O3S/c1-10-7-11(9-19(10)12-3-4-12)18-16(20)14-8-13(23(2,21)22)5-6-15(14)17/h5-6,8,10-12H,3-4,7,9H2,1-2H3,(H,18,20)/t10-,11-/m0/s1. The third-order valence-corrected chi connectivity index (χ3v) is 5.69. The first-order valence-corrected chi connectivity index (χ1v) is 9.71. The highest BCUT2D eigenvalue weighted by Gasteiger charge is 2.39. The highest BCUT2D eigenvalue weighted by molar-refractivity contribution is 7.90. The van der Waals surface area contributed by atoms with Crippen LogP contribution in [0.15, 0.2) is 23.1 Å². The fraction of sp³-hybridized carbons (Fsp3) is 0.562. The molecule has 0 unspecified atom stereocenters. The van der Waals surface area contributed by atoms with E-state index in [2.05, 4.69) is 17.1 Å². The van der Waals surface area contributed by atoms with Crippen molar-refractivity contribution in [2.75, 3.05) is 12.8 Å². The fourth-order valence-electron chi connectivity index (χ4n) is 3.25. The van der Waals surface area contributed by atoms with Crippen molar-refractivity contribution in [1.29, 1.82) is 0 Å². The van der Waals surface area contributed by atoms with Gasteiger partial charge in [-0.2, -0.15) is 0 Å². The maximum Gasteiger partial charge on any atom is 0.254 e. The van der Waals surface area contributed by atoms with Crippen LogP contribution < -0.4 is 5.32 Å². The molecule has 7 heteroatoms. The third kappa shape index (κ3) is 3.55. The molecule has 1 saturated heterocycles. The summed E-state index contributed by atoms with van der Waals surface area (Å²) in [5.74, 6) is -1.26. The van der Waals surface area contributed by atoms with Crippen molar-refractivity contribution in [2.45, 2.75) is 49.2 Å². The molecule has 2 atom stereocenters. The van der Waals surface area contributed by atoms with E-state index in [9.17, 15) is 17.6 Å².